The van der Waals surface area contributed by atoms with Crippen molar-refractivity contribution in [2.24, 2.45) is 0 Å². The number of halogens is 4. The standard InChI is InChI=1S/C20H12F4N2O3/c21-13-3-5-14(6-4-13)29-16-7-2-12(20(22,23)24)9-15(16)19(28)18(25)11-1-8-17(27)26-10-11/h1-10,25H,(H,26,27). The molecular weight excluding hydrogens is 392 g/mol. The van der Waals surface area contributed by atoms with Crippen LogP contribution in [-0.4, -0.2) is 16.5 Å². The van der Waals surface area contributed by atoms with Gasteiger partial charge in [-0.2, -0.15) is 13.2 Å². The Labute approximate surface area is 161 Å². The first-order valence-electron chi connectivity index (χ1n) is 8.12. The van der Waals surface area contributed by atoms with Gasteiger partial charge >= 0.3 is 6.18 Å². The SMILES string of the molecule is N=C(C(=O)c1cc(C(F)(F)F)ccc1Oc1ccc(F)cc1)c1ccc(=O)[nH]c1. The first-order chi connectivity index (χ1) is 13.6. The Hall–Kier alpha value is -3.75. The van der Waals surface area contributed by atoms with Gasteiger partial charge in [0.25, 0.3) is 0 Å². The Balaban J connectivity index is 2.04. The molecular formula is C20H12F4N2O3. The zero-order valence-electron chi connectivity index (χ0n) is 14.5. The molecule has 148 valence electrons. The van der Waals surface area contributed by atoms with Crippen molar-refractivity contribution in [1.82, 2.24) is 4.98 Å². The van der Waals surface area contributed by atoms with E-state index in [1.54, 1.807) is 0 Å². The van der Waals surface area contributed by atoms with Crippen LogP contribution in [0.15, 0.2) is 65.6 Å². The van der Waals surface area contributed by atoms with Crippen molar-refractivity contribution in [2.75, 3.05) is 0 Å². The van der Waals surface area contributed by atoms with Gasteiger partial charge in [-0.15, -0.1) is 0 Å². The molecule has 2 N–H and O–H groups in total. The van der Waals surface area contributed by atoms with Crippen molar-refractivity contribution in [3.05, 3.63) is 93.7 Å². The zero-order valence-corrected chi connectivity index (χ0v) is 14.5. The summed E-state index contributed by atoms with van der Waals surface area (Å²) in [5.74, 6) is -1.72. The lowest BCUT2D eigenvalue weighted by Gasteiger charge is -2.14. The second kappa shape index (κ2) is 7.70. The minimum absolute atomic E-state index is 0.0137. The van der Waals surface area contributed by atoms with Gasteiger partial charge in [0.05, 0.1) is 11.1 Å². The molecule has 0 amide bonds. The number of hydrogen-bond donors (Lipinski definition) is 2. The highest BCUT2D eigenvalue weighted by Crippen LogP contribution is 2.34. The average molecular weight is 404 g/mol. The molecule has 0 aliphatic carbocycles. The highest BCUT2D eigenvalue weighted by atomic mass is 19.4. The molecule has 3 aromatic rings. The fourth-order valence-electron chi connectivity index (χ4n) is 2.43. The number of carbonyl (C=O) groups excluding carboxylic acids is 1. The zero-order chi connectivity index (χ0) is 21.2. The van der Waals surface area contributed by atoms with Gasteiger partial charge in [-0.3, -0.25) is 15.0 Å². The third kappa shape index (κ3) is 4.57. The summed E-state index contributed by atoms with van der Waals surface area (Å²) in [6, 6.07) is 9.22. The van der Waals surface area contributed by atoms with Crippen molar-refractivity contribution in [3.8, 4) is 11.5 Å². The predicted molar refractivity (Wildman–Crippen MR) is 96.1 cm³/mol. The first kappa shape index (κ1) is 20.0. The summed E-state index contributed by atoms with van der Waals surface area (Å²) in [7, 11) is 0. The van der Waals surface area contributed by atoms with E-state index >= 15 is 0 Å². The summed E-state index contributed by atoms with van der Waals surface area (Å²) < 4.78 is 57.8. The molecule has 0 radical (unpaired) electrons. The summed E-state index contributed by atoms with van der Waals surface area (Å²) in [5.41, 5.74) is -2.68. The van der Waals surface area contributed by atoms with Crippen LogP contribution in [0.3, 0.4) is 0 Å². The molecule has 1 aromatic heterocycles. The molecule has 0 unspecified atom stereocenters. The smallest absolute Gasteiger partial charge is 0.416 e. The molecule has 9 heteroatoms. The maximum absolute atomic E-state index is 13.1. The number of ether oxygens (including phenoxy) is 1. The van der Waals surface area contributed by atoms with Gasteiger partial charge in [0.1, 0.15) is 23.0 Å². The summed E-state index contributed by atoms with van der Waals surface area (Å²) in [5, 5.41) is 8.02. The minimum atomic E-state index is -4.72. The molecule has 2 aromatic carbocycles. The van der Waals surface area contributed by atoms with Gasteiger partial charge in [0.2, 0.25) is 11.3 Å². The van der Waals surface area contributed by atoms with Crippen LogP contribution in [-0.2, 0) is 6.18 Å². The molecule has 3 rings (SSSR count). The monoisotopic (exact) mass is 404 g/mol. The number of ketones is 1. The third-order valence-electron chi connectivity index (χ3n) is 3.89. The minimum Gasteiger partial charge on any atom is -0.457 e. The number of Topliss-reactive ketones (excluding diaryl/α,β-unsaturated/α-hetero) is 1. The molecule has 0 spiro atoms. The van der Waals surface area contributed by atoms with E-state index in [4.69, 9.17) is 10.1 Å². The van der Waals surface area contributed by atoms with Gasteiger partial charge < -0.3 is 9.72 Å². The maximum Gasteiger partial charge on any atom is 0.416 e. The summed E-state index contributed by atoms with van der Waals surface area (Å²) in [4.78, 5) is 26.2. The lowest BCUT2D eigenvalue weighted by Crippen LogP contribution is -2.18. The molecule has 0 fully saturated rings. The molecule has 0 aliphatic rings. The normalized spacial score (nSPS) is 11.2. The number of benzene rings is 2. The van der Waals surface area contributed by atoms with Crippen molar-refractivity contribution < 1.29 is 27.1 Å². The number of hydrogen-bond acceptors (Lipinski definition) is 4. The number of alkyl halides is 3. The quantitative estimate of drug-likeness (QED) is 0.371. The average Bonchev–Trinajstić information content (AvgIpc) is 2.68. The summed E-state index contributed by atoms with van der Waals surface area (Å²) in [6.07, 6.45) is -3.61. The number of nitrogens with one attached hydrogen (secondary N) is 2. The number of carbonyl (C=O) groups is 1. The predicted octanol–water partition coefficient (Wildman–Crippen LogP) is 4.58. The van der Waals surface area contributed by atoms with E-state index in [-0.39, 0.29) is 17.1 Å². The van der Waals surface area contributed by atoms with Gasteiger partial charge in [-0.25, -0.2) is 4.39 Å². The summed E-state index contributed by atoms with van der Waals surface area (Å²) >= 11 is 0. The lowest BCUT2D eigenvalue weighted by atomic mass is 9.99. The molecule has 0 bridgehead atoms. The Bertz CT molecular complexity index is 1120. The van der Waals surface area contributed by atoms with Gasteiger partial charge in [-0.1, -0.05) is 0 Å². The number of pyridine rings is 1. The fraction of sp³-hybridized carbons (Fsp3) is 0.0500. The van der Waals surface area contributed by atoms with E-state index in [2.05, 4.69) is 4.98 Å². The largest absolute Gasteiger partial charge is 0.457 e. The fourth-order valence-corrected chi connectivity index (χ4v) is 2.43. The van der Waals surface area contributed by atoms with Crippen LogP contribution >= 0.6 is 0 Å². The Morgan fingerprint density at radius 3 is 2.28 bits per heavy atom. The van der Waals surface area contributed by atoms with Crippen LogP contribution in [0.25, 0.3) is 0 Å². The van der Waals surface area contributed by atoms with Crippen LogP contribution in [0.4, 0.5) is 17.6 Å². The second-order valence-electron chi connectivity index (χ2n) is 5.91. The number of aromatic nitrogens is 1. The molecule has 5 nitrogen and oxygen atoms in total. The lowest BCUT2D eigenvalue weighted by molar-refractivity contribution is -0.137. The molecule has 0 saturated carbocycles. The van der Waals surface area contributed by atoms with Crippen LogP contribution < -0.4 is 10.3 Å². The maximum atomic E-state index is 13.1. The van der Waals surface area contributed by atoms with E-state index in [9.17, 15) is 27.2 Å². The van der Waals surface area contributed by atoms with Crippen LogP contribution in [0.5, 0.6) is 11.5 Å². The van der Waals surface area contributed by atoms with Crippen molar-refractivity contribution in [2.45, 2.75) is 6.18 Å². The van der Waals surface area contributed by atoms with Crippen molar-refractivity contribution >= 4 is 11.5 Å². The molecule has 0 aliphatic heterocycles. The van der Waals surface area contributed by atoms with Crippen molar-refractivity contribution in [1.29, 1.82) is 5.41 Å². The third-order valence-corrected chi connectivity index (χ3v) is 3.89. The van der Waals surface area contributed by atoms with Crippen LogP contribution in [0.1, 0.15) is 21.5 Å². The molecule has 0 saturated heterocycles. The Morgan fingerprint density at radius 1 is 1.00 bits per heavy atom. The van der Waals surface area contributed by atoms with E-state index in [1.165, 1.54) is 18.2 Å². The Morgan fingerprint density at radius 2 is 1.69 bits per heavy atom. The highest BCUT2D eigenvalue weighted by molar-refractivity contribution is 6.50. The first-order valence-corrected chi connectivity index (χ1v) is 8.12. The molecule has 1 heterocycles. The topological polar surface area (TPSA) is 83.0 Å². The van der Waals surface area contributed by atoms with E-state index in [0.29, 0.717) is 6.07 Å². The van der Waals surface area contributed by atoms with Gasteiger partial charge in [0, 0.05) is 17.8 Å². The van der Waals surface area contributed by atoms with Gasteiger partial charge in [-0.05, 0) is 48.5 Å². The second-order valence-corrected chi connectivity index (χ2v) is 5.91. The summed E-state index contributed by atoms with van der Waals surface area (Å²) in [6.45, 7) is 0. The van der Waals surface area contributed by atoms with Crippen LogP contribution in [0, 0.1) is 11.2 Å². The highest BCUT2D eigenvalue weighted by Gasteiger charge is 2.32. The van der Waals surface area contributed by atoms with Gasteiger partial charge in [0.15, 0.2) is 0 Å². The molecule has 0 atom stereocenters. The number of aromatic amines is 1. The van der Waals surface area contributed by atoms with E-state index in [0.717, 1.165) is 36.5 Å². The number of rotatable bonds is 5. The van der Waals surface area contributed by atoms with E-state index < -0.39 is 40.2 Å². The van der Waals surface area contributed by atoms with Crippen molar-refractivity contribution in [3.63, 3.8) is 0 Å². The van der Waals surface area contributed by atoms with Crippen LogP contribution in [0.2, 0.25) is 0 Å². The number of H-pyrrole nitrogens is 1. The molecule has 29 heavy (non-hydrogen) atoms. The van der Waals surface area contributed by atoms with E-state index in [1.807, 2.05) is 0 Å². The Kier molecular flexibility index (Phi) is 5.31.